The van der Waals surface area contributed by atoms with E-state index in [0.717, 1.165) is 5.56 Å². The predicted octanol–water partition coefficient (Wildman–Crippen LogP) is 3.89. The van der Waals surface area contributed by atoms with Gasteiger partial charge in [0, 0.05) is 12.6 Å². The molecule has 1 N–H and O–H groups in total. The average molecular weight is 263 g/mol. The number of halogens is 2. The minimum Gasteiger partial charge on any atom is -0.497 e. The van der Waals surface area contributed by atoms with E-state index in [9.17, 15) is 8.78 Å². The van der Waals surface area contributed by atoms with E-state index in [0.29, 0.717) is 23.5 Å². The molecular weight excluding hydrogens is 248 g/mol. The van der Waals surface area contributed by atoms with Crippen LogP contribution in [0.1, 0.15) is 11.1 Å². The Labute approximate surface area is 111 Å². The highest BCUT2D eigenvalue weighted by Gasteiger charge is 2.05. The fourth-order valence-corrected chi connectivity index (χ4v) is 1.71. The van der Waals surface area contributed by atoms with Crippen LogP contribution in [0.5, 0.6) is 5.75 Å². The number of anilines is 1. The SMILES string of the molecule is COc1ccc(F)c(NCc2ccc(C)c(F)c2)c1. The van der Waals surface area contributed by atoms with Gasteiger partial charge >= 0.3 is 0 Å². The minimum absolute atomic E-state index is 0.259. The van der Waals surface area contributed by atoms with Crippen molar-refractivity contribution in [3.8, 4) is 5.75 Å². The van der Waals surface area contributed by atoms with Crippen LogP contribution in [0.2, 0.25) is 0 Å². The number of hydrogen-bond donors (Lipinski definition) is 1. The molecule has 0 aromatic heterocycles. The minimum atomic E-state index is -0.367. The molecule has 0 aliphatic heterocycles. The number of benzene rings is 2. The van der Waals surface area contributed by atoms with E-state index in [1.807, 2.05) is 6.07 Å². The zero-order valence-corrected chi connectivity index (χ0v) is 10.8. The van der Waals surface area contributed by atoms with E-state index < -0.39 is 0 Å². The molecule has 0 radical (unpaired) electrons. The van der Waals surface area contributed by atoms with E-state index in [-0.39, 0.29) is 11.6 Å². The van der Waals surface area contributed by atoms with Crippen molar-refractivity contribution in [2.75, 3.05) is 12.4 Å². The Hall–Kier alpha value is -2.10. The van der Waals surface area contributed by atoms with Crippen molar-refractivity contribution in [3.05, 3.63) is 59.2 Å². The van der Waals surface area contributed by atoms with Crippen LogP contribution in [0.25, 0.3) is 0 Å². The molecule has 100 valence electrons. The molecule has 4 heteroatoms. The molecule has 0 saturated heterocycles. The van der Waals surface area contributed by atoms with Gasteiger partial charge in [-0.3, -0.25) is 0 Å². The number of nitrogens with one attached hydrogen (secondary N) is 1. The number of methoxy groups -OCH3 is 1. The van der Waals surface area contributed by atoms with E-state index in [2.05, 4.69) is 5.32 Å². The smallest absolute Gasteiger partial charge is 0.146 e. The molecule has 2 nitrogen and oxygen atoms in total. The first-order valence-corrected chi connectivity index (χ1v) is 5.92. The molecule has 0 saturated carbocycles. The van der Waals surface area contributed by atoms with Crippen molar-refractivity contribution >= 4 is 5.69 Å². The lowest BCUT2D eigenvalue weighted by atomic mass is 10.1. The maximum absolute atomic E-state index is 13.6. The molecule has 2 aromatic carbocycles. The number of aryl methyl sites for hydroxylation is 1. The summed E-state index contributed by atoms with van der Waals surface area (Å²) >= 11 is 0. The van der Waals surface area contributed by atoms with Gasteiger partial charge in [-0.05, 0) is 36.2 Å². The molecule has 0 aliphatic carbocycles. The molecule has 0 aliphatic rings. The first kappa shape index (κ1) is 13.3. The summed E-state index contributed by atoms with van der Waals surface area (Å²) in [5.74, 6) is -0.0576. The quantitative estimate of drug-likeness (QED) is 0.903. The molecular formula is C15H15F2NO. The Balaban J connectivity index is 2.11. The van der Waals surface area contributed by atoms with Crippen molar-refractivity contribution in [2.45, 2.75) is 13.5 Å². The van der Waals surface area contributed by atoms with Gasteiger partial charge in [0.1, 0.15) is 17.4 Å². The second-order valence-electron chi connectivity index (χ2n) is 4.28. The Kier molecular flexibility index (Phi) is 4.00. The normalized spacial score (nSPS) is 10.3. The summed E-state index contributed by atoms with van der Waals surface area (Å²) in [5, 5.41) is 2.93. The first-order chi connectivity index (χ1) is 9.10. The Bertz CT molecular complexity index is 584. The summed E-state index contributed by atoms with van der Waals surface area (Å²) in [4.78, 5) is 0. The average Bonchev–Trinajstić information content (AvgIpc) is 2.41. The molecule has 2 rings (SSSR count). The van der Waals surface area contributed by atoms with Gasteiger partial charge in [-0.1, -0.05) is 12.1 Å². The maximum Gasteiger partial charge on any atom is 0.146 e. The third-order valence-corrected chi connectivity index (χ3v) is 2.89. The zero-order valence-electron chi connectivity index (χ0n) is 10.8. The van der Waals surface area contributed by atoms with Gasteiger partial charge < -0.3 is 10.1 Å². The topological polar surface area (TPSA) is 21.3 Å². The molecule has 19 heavy (non-hydrogen) atoms. The lowest BCUT2D eigenvalue weighted by molar-refractivity contribution is 0.414. The largest absolute Gasteiger partial charge is 0.497 e. The van der Waals surface area contributed by atoms with Crippen molar-refractivity contribution in [3.63, 3.8) is 0 Å². The summed E-state index contributed by atoms with van der Waals surface area (Å²) in [5.41, 5.74) is 1.68. The van der Waals surface area contributed by atoms with Crippen molar-refractivity contribution in [1.29, 1.82) is 0 Å². The van der Waals surface area contributed by atoms with Gasteiger partial charge in [0.2, 0.25) is 0 Å². The predicted molar refractivity (Wildman–Crippen MR) is 71.4 cm³/mol. The summed E-state index contributed by atoms with van der Waals surface area (Å²) < 4.78 is 32.0. The van der Waals surface area contributed by atoms with Gasteiger partial charge in [0.15, 0.2) is 0 Å². The van der Waals surface area contributed by atoms with Crippen LogP contribution in [-0.2, 0) is 6.54 Å². The molecule has 0 fully saturated rings. The van der Waals surface area contributed by atoms with Crippen LogP contribution in [-0.4, -0.2) is 7.11 Å². The summed E-state index contributed by atoms with van der Waals surface area (Å²) in [6.07, 6.45) is 0. The van der Waals surface area contributed by atoms with Gasteiger partial charge in [-0.15, -0.1) is 0 Å². The lowest BCUT2D eigenvalue weighted by Crippen LogP contribution is -2.02. The number of hydrogen-bond acceptors (Lipinski definition) is 2. The second-order valence-corrected chi connectivity index (χ2v) is 4.28. The summed E-state index contributed by atoms with van der Waals surface area (Å²) in [7, 11) is 1.52. The summed E-state index contributed by atoms with van der Waals surface area (Å²) in [6.45, 7) is 2.05. The van der Waals surface area contributed by atoms with Crippen molar-refractivity contribution in [2.24, 2.45) is 0 Å². The van der Waals surface area contributed by atoms with Gasteiger partial charge in [-0.2, -0.15) is 0 Å². The third-order valence-electron chi connectivity index (χ3n) is 2.89. The highest BCUT2D eigenvalue weighted by molar-refractivity contribution is 5.50. The van der Waals surface area contributed by atoms with Gasteiger partial charge in [0.05, 0.1) is 12.8 Å². The van der Waals surface area contributed by atoms with Crippen molar-refractivity contribution < 1.29 is 13.5 Å². The monoisotopic (exact) mass is 263 g/mol. The standard InChI is InChI=1S/C15H15F2NO/c1-10-3-4-11(7-14(10)17)9-18-15-8-12(19-2)5-6-13(15)16/h3-8,18H,9H2,1-2H3. The van der Waals surface area contributed by atoms with Gasteiger partial charge in [0.25, 0.3) is 0 Å². The third kappa shape index (κ3) is 3.22. The number of ether oxygens (including phenoxy) is 1. The highest BCUT2D eigenvalue weighted by atomic mass is 19.1. The fraction of sp³-hybridized carbons (Fsp3) is 0.200. The van der Waals surface area contributed by atoms with Crippen LogP contribution in [0.4, 0.5) is 14.5 Å². The highest BCUT2D eigenvalue weighted by Crippen LogP contribution is 2.22. The van der Waals surface area contributed by atoms with Gasteiger partial charge in [-0.25, -0.2) is 8.78 Å². The Morgan fingerprint density at radius 2 is 1.84 bits per heavy atom. The summed E-state index contributed by atoms with van der Waals surface area (Å²) in [6, 6.07) is 9.40. The van der Waals surface area contributed by atoms with Crippen LogP contribution in [0.15, 0.2) is 36.4 Å². The van der Waals surface area contributed by atoms with E-state index >= 15 is 0 Å². The molecule has 0 amide bonds. The van der Waals surface area contributed by atoms with Crippen molar-refractivity contribution in [1.82, 2.24) is 0 Å². The fourth-order valence-electron chi connectivity index (χ4n) is 1.71. The van der Waals surface area contributed by atoms with E-state index in [1.54, 1.807) is 25.1 Å². The molecule has 0 heterocycles. The van der Waals surface area contributed by atoms with Crippen LogP contribution < -0.4 is 10.1 Å². The molecule has 0 bridgehead atoms. The first-order valence-electron chi connectivity index (χ1n) is 5.92. The van der Waals surface area contributed by atoms with E-state index in [1.165, 1.54) is 19.2 Å². The maximum atomic E-state index is 13.6. The molecule has 0 unspecified atom stereocenters. The van der Waals surface area contributed by atoms with Crippen LogP contribution in [0, 0.1) is 18.6 Å². The Morgan fingerprint density at radius 3 is 2.53 bits per heavy atom. The zero-order chi connectivity index (χ0) is 13.8. The molecule has 0 spiro atoms. The number of rotatable bonds is 4. The van der Waals surface area contributed by atoms with E-state index in [4.69, 9.17) is 4.74 Å². The lowest BCUT2D eigenvalue weighted by Gasteiger charge is -2.10. The Morgan fingerprint density at radius 1 is 1.05 bits per heavy atom. The molecule has 2 aromatic rings. The van der Waals surface area contributed by atoms with Crippen LogP contribution >= 0.6 is 0 Å². The second kappa shape index (κ2) is 5.69. The van der Waals surface area contributed by atoms with Crippen LogP contribution in [0.3, 0.4) is 0 Å². The molecule has 0 atom stereocenters.